The lowest BCUT2D eigenvalue weighted by molar-refractivity contribution is 0.615. The Labute approximate surface area is 141 Å². The molecule has 0 spiro atoms. The minimum absolute atomic E-state index is 0.132. The lowest BCUT2D eigenvalue weighted by Gasteiger charge is -2.20. The number of hydrogen-bond donors (Lipinski definition) is 2. The summed E-state index contributed by atoms with van der Waals surface area (Å²) in [5.41, 5.74) is 9.95. The fraction of sp³-hybridized carbons (Fsp3) is 0.250. The van der Waals surface area contributed by atoms with Crippen LogP contribution in [0.1, 0.15) is 22.7 Å². The highest BCUT2D eigenvalue weighted by Crippen LogP contribution is 2.28. The molecule has 0 fully saturated rings. The molecule has 0 amide bonds. The SMILES string of the molecule is Cc1cc(NC(CN)c2ccc(Br)c(F)c2)cc(C)c1Br. The largest absolute Gasteiger partial charge is 0.377 e. The molecule has 0 aliphatic rings. The Morgan fingerprint density at radius 3 is 2.29 bits per heavy atom. The Morgan fingerprint density at radius 1 is 1.14 bits per heavy atom. The normalized spacial score (nSPS) is 12.3. The molecule has 2 nitrogen and oxygen atoms in total. The molecule has 112 valence electrons. The second kappa shape index (κ2) is 6.90. The highest BCUT2D eigenvalue weighted by atomic mass is 79.9. The number of hydrogen-bond acceptors (Lipinski definition) is 2. The molecule has 0 aromatic heterocycles. The number of aryl methyl sites for hydroxylation is 2. The number of benzene rings is 2. The van der Waals surface area contributed by atoms with Crippen LogP contribution in [0.15, 0.2) is 39.3 Å². The maximum Gasteiger partial charge on any atom is 0.137 e. The third-order valence-corrected chi connectivity index (χ3v) is 5.25. The van der Waals surface area contributed by atoms with Gasteiger partial charge in [0.25, 0.3) is 0 Å². The number of anilines is 1. The van der Waals surface area contributed by atoms with Gasteiger partial charge >= 0.3 is 0 Å². The third-order valence-electron chi connectivity index (χ3n) is 3.36. The molecule has 21 heavy (non-hydrogen) atoms. The van der Waals surface area contributed by atoms with Gasteiger partial charge in [0.15, 0.2) is 0 Å². The molecule has 2 aromatic carbocycles. The number of halogens is 3. The van der Waals surface area contributed by atoms with E-state index in [1.54, 1.807) is 6.07 Å². The molecule has 0 bridgehead atoms. The minimum Gasteiger partial charge on any atom is -0.377 e. The molecule has 2 aromatic rings. The summed E-state index contributed by atoms with van der Waals surface area (Å²) in [7, 11) is 0. The summed E-state index contributed by atoms with van der Waals surface area (Å²) in [6, 6.07) is 9.05. The summed E-state index contributed by atoms with van der Waals surface area (Å²) in [6.45, 7) is 4.47. The highest BCUT2D eigenvalue weighted by molar-refractivity contribution is 9.10. The van der Waals surface area contributed by atoms with E-state index in [1.165, 1.54) is 6.07 Å². The summed E-state index contributed by atoms with van der Waals surface area (Å²) in [5, 5.41) is 3.37. The van der Waals surface area contributed by atoms with Crippen molar-refractivity contribution in [3.05, 3.63) is 61.8 Å². The van der Waals surface area contributed by atoms with Crippen LogP contribution in [0.25, 0.3) is 0 Å². The molecule has 0 aliphatic heterocycles. The summed E-state index contributed by atoms with van der Waals surface area (Å²) >= 11 is 6.71. The molecule has 0 heterocycles. The predicted molar refractivity (Wildman–Crippen MR) is 93.1 cm³/mol. The van der Waals surface area contributed by atoms with Crippen LogP contribution in [0.5, 0.6) is 0 Å². The topological polar surface area (TPSA) is 38.0 Å². The first-order valence-corrected chi connectivity index (χ1v) is 8.19. The van der Waals surface area contributed by atoms with E-state index >= 15 is 0 Å². The number of nitrogens with two attached hydrogens (primary N) is 1. The third kappa shape index (κ3) is 3.84. The van der Waals surface area contributed by atoms with E-state index in [0.29, 0.717) is 11.0 Å². The molecule has 0 saturated carbocycles. The first-order chi connectivity index (χ1) is 9.92. The zero-order valence-corrected chi connectivity index (χ0v) is 15.1. The first kappa shape index (κ1) is 16.5. The van der Waals surface area contributed by atoms with E-state index in [4.69, 9.17) is 5.73 Å². The van der Waals surface area contributed by atoms with Crippen molar-refractivity contribution in [3.63, 3.8) is 0 Å². The molecule has 0 radical (unpaired) electrons. The second-order valence-electron chi connectivity index (χ2n) is 5.03. The van der Waals surface area contributed by atoms with Crippen LogP contribution in [-0.2, 0) is 0 Å². The number of nitrogens with one attached hydrogen (secondary N) is 1. The maximum absolute atomic E-state index is 13.7. The van der Waals surface area contributed by atoms with Crippen molar-refractivity contribution in [1.82, 2.24) is 0 Å². The summed E-state index contributed by atoms with van der Waals surface area (Å²) < 4.78 is 15.2. The summed E-state index contributed by atoms with van der Waals surface area (Å²) in [6.07, 6.45) is 0. The zero-order chi connectivity index (χ0) is 15.6. The lowest BCUT2D eigenvalue weighted by Crippen LogP contribution is -2.21. The van der Waals surface area contributed by atoms with Gasteiger partial charge in [-0.1, -0.05) is 22.0 Å². The Balaban J connectivity index is 2.28. The molecular formula is C16H17Br2FN2. The summed E-state index contributed by atoms with van der Waals surface area (Å²) in [4.78, 5) is 0. The van der Waals surface area contributed by atoms with Gasteiger partial charge in [-0.2, -0.15) is 0 Å². The van der Waals surface area contributed by atoms with E-state index < -0.39 is 0 Å². The predicted octanol–water partition coefficient (Wildman–Crippen LogP) is 5.08. The maximum atomic E-state index is 13.7. The minimum atomic E-state index is -0.282. The molecule has 1 unspecified atom stereocenters. The highest BCUT2D eigenvalue weighted by Gasteiger charge is 2.13. The Morgan fingerprint density at radius 2 is 1.76 bits per heavy atom. The molecule has 5 heteroatoms. The quantitative estimate of drug-likeness (QED) is 0.730. The van der Waals surface area contributed by atoms with Gasteiger partial charge in [-0.15, -0.1) is 0 Å². The van der Waals surface area contributed by atoms with Gasteiger partial charge in [0.2, 0.25) is 0 Å². The van der Waals surface area contributed by atoms with E-state index in [0.717, 1.165) is 26.9 Å². The van der Waals surface area contributed by atoms with Gasteiger partial charge < -0.3 is 11.1 Å². The molecule has 3 N–H and O–H groups in total. The van der Waals surface area contributed by atoms with Crippen molar-refractivity contribution in [2.24, 2.45) is 5.73 Å². The number of rotatable bonds is 4. The Bertz CT molecular complexity index is 636. The smallest absolute Gasteiger partial charge is 0.137 e. The van der Waals surface area contributed by atoms with Crippen LogP contribution in [-0.4, -0.2) is 6.54 Å². The standard InChI is InChI=1S/C16H17Br2FN2/c1-9-5-12(6-10(2)16(9)18)21-15(8-20)11-3-4-13(17)14(19)7-11/h3-7,15,21H,8,20H2,1-2H3. The van der Waals surface area contributed by atoms with Gasteiger partial charge in [0, 0.05) is 16.7 Å². The van der Waals surface area contributed by atoms with Crippen molar-refractivity contribution in [3.8, 4) is 0 Å². The summed E-state index contributed by atoms with van der Waals surface area (Å²) in [5.74, 6) is -0.282. The van der Waals surface area contributed by atoms with Gasteiger partial charge in [-0.05, 0) is 70.7 Å². The van der Waals surface area contributed by atoms with Crippen LogP contribution in [0, 0.1) is 19.7 Å². The van der Waals surface area contributed by atoms with Crippen LogP contribution < -0.4 is 11.1 Å². The molecule has 2 rings (SSSR count). The van der Waals surface area contributed by atoms with E-state index in [2.05, 4.69) is 49.3 Å². The van der Waals surface area contributed by atoms with Crippen molar-refractivity contribution >= 4 is 37.5 Å². The fourth-order valence-electron chi connectivity index (χ4n) is 2.24. The average molecular weight is 416 g/mol. The Kier molecular flexibility index (Phi) is 5.41. The fourth-order valence-corrected chi connectivity index (χ4v) is 2.71. The van der Waals surface area contributed by atoms with Crippen LogP contribution >= 0.6 is 31.9 Å². The monoisotopic (exact) mass is 414 g/mol. The van der Waals surface area contributed by atoms with E-state index in [1.807, 2.05) is 19.9 Å². The van der Waals surface area contributed by atoms with Gasteiger partial charge in [0.1, 0.15) is 5.82 Å². The van der Waals surface area contributed by atoms with Crippen molar-refractivity contribution in [1.29, 1.82) is 0 Å². The molecule has 0 saturated heterocycles. The van der Waals surface area contributed by atoms with Crippen molar-refractivity contribution < 1.29 is 4.39 Å². The second-order valence-corrected chi connectivity index (χ2v) is 6.68. The van der Waals surface area contributed by atoms with Gasteiger partial charge in [-0.3, -0.25) is 0 Å². The van der Waals surface area contributed by atoms with Crippen LogP contribution in [0.4, 0.5) is 10.1 Å². The van der Waals surface area contributed by atoms with E-state index in [9.17, 15) is 4.39 Å². The van der Waals surface area contributed by atoms with Crippen LogP contribution in [0.3, 0.4) is 0 Å². The average Bonchev–Trinajstić information content (AvgIpc) is 2.45. The molecular weight excluding hydrogens is 399 g/mol. The lowest BCUT2D eigenvalue weighted by atomic mass is 10.1. The van der Waals surface area contributed by atoms with Gasteiger partial charge in [0.05, 0.1) is 10.5 Å². The van der Waals surface area contributed by atoms with Crippen molar-refractivity contribution in [2.75, 3.05) is 11.9 Å². The molecule has 1 atom stereocenters. The Hall–Kier alpha value is -0.910. The van der Waals surface area contributed by atoms with E-state index in [-0.39, 0.29) is 11.9 Å². The van der Waals surface area contributed by atoms with Crippen LogP contribution in [0.2, 0.25) is 0 Å². The van der Waals surface area contributed by atoms with Crippen molar-refractivity contribution in [2.45, 2.75) is 19.9 Å². The zero-order valence-electron chi connectivity index (χ0n) is 11.9. The first-order valence-electron chi connectivity index (χ1n) is 6.60. The molecule has 0 aliphatic carbocycles. The van der Waals surface area contributed by atoms with Gasteiger partial charge in [-0.25, -0.2) is 4.39 Å².